The zero-order valence-corrected chi connectivity index (χ0v) is 6.38. The van der Waals surface area contributed by atoms with E-state index in [9.17, 15) is 0 Å². The van der Waals surface area contributed by atoms with Crippen molar-refractivity contribution in [2.75, 3.05) is 13.1 Å². The Kier molecular flexibility index (Phi) is 1.85. The van der Waals surface area contributed by atoms with Gasteiger partial charge in [-0.05, 0) is 19.4 Å². The van der Waals surface area contributed by atoms with Gasteiger partial charge in [-0.3, -0.25) is 5.10 Å². The van der Waals surface area contributed by atoms with E-state index in [1.54, 1.807) is 6.33 Å². The van der Waals surface area contributed by atoms with Crippen LogP contribution in [0.4, 0.5) is 0 Å². The molecule has 4 nitrogen and oxygen atoms in total. The Bertz CT molecular complexity index is 200. The summed E-state index contributed by atoms with van der Waals surface area (Å²) in [4.78, 5) is 4.13. The summed E-state index contributed by atoms with van der Waals surface area (Å²) in [7, 11) is 0. The number of nitrogens with zero attached hydrogens (tertiary/aromatic N) is 2. The molecule has 1 unspecified atom stereocenters. The van der Waals surface area contributed by atoms with Crippen LogP contribution in [0.5, 0.6) is 0 Å². The third-order valence-corrected chi connectivity index (χ3v) is 2.10. The second-order valence-electron chi connectivity index (χ2n) is 2.90. The molecule has 1 aliphatic heterocycles. The highest BCUT2D eigenvalue weighted by Gasteiger charge is 2.17. The molecule has 1 fully saturated rings. The van der Waals surface area contributed by atoms with E-state index in [2.05, 4.69) is 20.5 Å². The van der Waals surface area contributed by atoms with Gasteiger partial charge >= 0.3 is 0 Å². The molecule has 1 aliphatic rings. The van der Waals surface area contributed by atoms with Gasteiger partial charge in [-0.1, -0.05) is 0 Å². The van der Waals surface area contributed by atoms with Crippen molar-refractivity contribution in [2.45, 2.75) is 18.8 Å². The van der Waals surface area contributed by atoms with Crippen LogP contribution in [0.3, 0.4) is 0 Å². The molecule has 1 aromatic heterocycles. The van der Waals surface area contributed by atoms with Crippen LogP contribution >= 0.6 is 0 Å². The fourth-order valence-corrected chi connectivity index (χ4v) is 1.49. The molecule has 2 rings (SSSR count). The zero-order chi connectivity index (χ0) is 7.52. The smallest absolute Gasteiger partial charge is 0.154 e. The van der Waals surface area contributed by atoms with Crippen LogP contribution in [0, 0.1) is 0 Å². The van der Waals surface area contributed by atoms with E-state index in [0.29, 0.717) is 5.92 Å². The maximum Gasteiger partial charge on any atom is 0.154 e. The van der Waals surface area contributed by atoms with Crippen molar-refractivity contribution in [3.05, 3.63) is 12.2 Å². The molecule has 0 radical (unpaired) electrons. The highest BCUT2D eigenvalue weighted by atomic mass is 15.2. The largest absolute Gasteiger partial charge is 0.316 e. The predicted molar refractivity (Wildman–Crippen MR) is 41.2 cm³/mol. The highest BCUT2D eigenvalue weighted by Crippen LogP contribution is 2.18. The van der Waals surface area contributed by atoms with E-state index in [-0.39, 0.29) is 0 Å². The van der Waals surface area contributed by atoms with Crippen molar-refractivity contribution < 1.29 is 0 Å². The van der Waals surface area contributed by atoms with Crippen LogP contribution < -0.4 is 5.32 Å². The summed E-state index contributed by atoms with van der Waals surface area (Å²) in [5, 5.41) is 10.1. The number of hydrogen-bond acceptors (Lipinski definition) is 3. The van der Waals surface area contributed by atoms with Crippen LogP contribution in [0.2, 0.25) is 0 Å². The van der Waals surface area contributed by atoms with Crippen LogP contribution in [0.25, 0.3) is 0 Å². The topological polar surface area (TPSA) is 53.6 Å². The molecule has 2 N–H and O–H groups in total. The third kappa shape index (κ3) is 1.40. The Labute approximate surface area is 65.4 Å². The Balaban J connectivity index is 2.04. The van der Waals surface area contributed by atoms with Gasteiger partial charge < -0.3 is 5.32 Å². The van der Waals surface area contributed by atoms with Gasteiger partial charge in [-0.2, -0.15) is 5.10 Å². The molecule has 0 aliphatic carbocycles. The fourth-order valence-electron chi connectivity index (χ4n) is 1.49. The summed E-state index contributed by atoms with van der Waals surface area (Å²) in [6.45, 7) is 2.17. The first-order chi connectivity index (χ1) is 5.47. The van der Waals surface area contributed by atoms with Gasteiger partial charge in [0.1, 0.15) is 6.33 Å². The molecule has 1 saturated heterocycles. The van der Waals surface area contributed by atoms with E-state index in [4.69, 9.17) is 0 Å². The molecule has 60 valence electrons. The molecule has 4 heteroatoms. The van der Waals surface area contributed by atoms with Crippen molar-refractivity contribution in [1.29, 1.82) is 0 Å². The lowest BCUT2D eigenvalue weighted by Crippen LogP contribution is -2.28. The lowest BCUT2D eigenvalue weighted by Gasteiger charge is -2.19. The van der Waals surface area contributed by atoms with E-state index in [1.807, 2.05) is 0 Å². The number of piperidine rings is 1. The molecule has 2 heterocycles. The summed E-state index contributed by atoms with van der Waals surface area (Å²) >= 11 is 0. The monoisotopic (exact) mass is 152 g/mol. The van der Waals surface area contributed by atoms with E-state index in [0.717, 1.165) is 18.9 Å². The van der Waals surface area contributed by atoms with Crippen molar-refractivity contribution >= 4 is 0 Å². The van der Waals surface area contributed by atoms with Crippen molar-refractivity contribution in [1.82, 2.24) is 20.5 Å². The molecule has 1 aromatic rings. The number of hydrogen-bond donors (Lipinski definition) is 2. The van der Waals surface area contributed by atoms with Gasteiger partial charge in [0.2, 0.25) is 0 Å². The lowest BCUT2D eigenvalue weighted by atomic mass is 9.99. The van der Waals surface area contributed by atoms with Gasteiger partial charge in [-0.25, -0.2) is 4.98 Å². The second-order valence-corrected chi connectivity index (χ2v) is 2.90. The minimum atomic E-state index is 0.523. The Morgan fingerprint density at radius 2 is 2.55 bits per heavy atom. The minimum Gasteiger partial charge on any atom is -0.316 e. The van der Waals surface area contributed by atoms with Crippen LogP contribution in [0.15, 0.2) is 6.33 Å². The summed E-state index contributed by atoms with van der Waals surface area (Å²) in [6.07, 6.45) is 4.09. The Morgan fingerprint density at radius 1 is 1.55 bits per heavy atom. The normalized spacial score (nSPS) is 25.3. The quantitative estimate of drug-likeness (QED) is 0.607. The molecule has 0 amide bonds. The molecular weight excluding hydrogens is 140 g/mol. The van der Waals surface area contributed by atoms with Gasteiger partial charge in [0.15, 0.2) is 5.82 Å². The number of rotatable bonds is 1. The summed E-state index contributed by atoms with van der Waals surface area (Å²) in [5.41, 5.74) is 0. The molecule has 11 heavy (non-hydrogen) atoms. The van der Waals surface area contributed by atoms with Crippen molar-refractivity contribution in [3.63, 3.8) is 0 Å². The predicted octanol–water partition coefficient (Wildman–Crippen LogP) is 0.272. The van der Waals surface area contributed by atoms with Crippen molar-refractivity contribution in [3.8, 4) is 0 Å². The molecule has 1 atom stereocenters. The molecular formula is C7H12N4. The Hall–Kier alpha value is -0.900. The van der Waals surface area contributed by atoms with Crippen LogP contribution in [-0.4, -0.2) is 28.3 Å². The van der Waals surface area contributed by atoms with Gasteiger partial charge in [0.05, 0.1) is 0 Å². The summed E-state index contributed by atoms with van der Waals surface area (Å²) < 4.78 is 0. The second kappa shape index (κ2) is 3.00. The maximum atomic E-state index is 4.13. The van der Waals surface area contributed by atoms with E-state index >= 15 is 0 Å². The minimum absolute atomic E-state index is 0.523. The van der Waals surface area contributed by atoms with Gasteiger partial charge in [-0.15, -0.1) is 0 Å². The zero-order valence-electron chi connectivity index (χ0n) is 6.38. The van der Waals surface area contributed by atoms with Gasteiger partial charge in [0, 0.05) is 12.5 Å². The van der Waals surface area contributed by atoms with Crippen molar-refractivity contribution in [2.24, 2.45) is 0 Å². The average Bonchev–Trinajstić information content (AvgIpc) is 2.58. The molecule has 0 spiro atoms. The number of nitrogens with one attached hydrogen (secondary N) is 2. The van der Waals surface area contributed by atoms with E-state index in [1.165, 1.54) is 12.8 Å². The fraction of sp³-hybridized carbons (Fsp3) is 0.714. The first-order valence-corrected chi connectivity index (χ1v) is 4.03. The van der Waals surface area contributed by atoms with Gasteiger partial charge in [0.25, 0.3) is 0 Å². The van der Waals surface area contributed by atoms with E-state index < -0.39 is 0 Å². The molecule has 0 aromatic carbocycles. The molecule has 0 saturated carbocycles. The highest BCUT2D eigenvalue weighted by molar-refractivity contribution is 4.95. The summed E-state index contributed by atoms with van der Waals surface area (Å²) in [5.74, 6) is 1.48. The first-order valence-electron chi connectivity index (χ1n) is 4.03. The number of aromatic amines is 1. The van der Waals surface area contributed by atoms with Crippen LogP contribution in [-0.2, 0) is 0 Å². The third-order valence-electron chi connectivity index (χ3n) is 2.10. The summed E-state index contributed by atoms with van der Waals surface area (Å²) in [6, 6.07) is 0. The maximum absolute atomic E-state index is 4.13. The average molecular weight is 152 g/mol. The SMILES string of the molecule is c1nc(C2CCCNC2)n[nH]1. The lowest BCUT2D eigenvalue weighted by molar-refractivity contribution is 0.447. The number of H-pyrrole nitrogens is 1. The number of aromatic nitrogens is 3. The standard InChI is InChI=1S/C7H12N4/c1-2-6(4-8-3-1)7-9-5-10-11-7/h5-6,8H,1-4H2,(H,9,10,11). The molecule has 0 bridgehead atoms. The van der Waals surface area contributed by atoms with Crippen LogP contribution in [0.1, 0.15) is 24.6 Å². The Morgan fingerprint density at radius 3 is 3.18 bits per heavy atom. The first kappa shape index (κ1) is 6.79.